The summed E-state index contributed by atoms with van der Waals surface area (Å²) in [5, 5.41) is 9.48. The lowest BCUT2D eigenvalue weighted by molar-refractivity contribution is -0.144. The fourth-order valence-corrected chi connectivity index (χ4v) is 6.58. The maximum Gasteiger partial charge on any atom is 0.369 e. The van der Waals surface area contributed by atoms with E-state index in [1.54, 1.807) is 51.1 Å². The maximum atomic E-state index is 14.4. The predicted molar refractivity (Wildman–Crippen MR) is 272 cm³/mol. The second-order valence-corrected chi connectivity index (χ2v) is 21.2. The number of esters is 3. The van der Waals surface area contributed by atoms with Gasteiger partial charge in [0.05, 0.1) is 34.0 Å². The highest BCUT2D eigenvalue weighted by Gasteiger charge is 2.17. The van der Waals surface area contributed by atoms with Crippen LogP contribution in [0, 0.1) is 17.5 Å². The Balaban J connectivity index is 0.000000921. The normalized spacial score (nSPS) is 10.4. The van der Waals surface area contributed by atoms with Gasteiger partial charge < -0.3 is 28.8 Å². The van der Waals surface area contributed by atoms with E-state index in [4.69, 9.17) is 23.7 Å². The number of phenolic OH excluding ortho intramolecular Hbond substituents is 1. The van der Waals surface area contributed by atoms with E-state index in [9.17, 15) is 32.7 Å². The van der Waals surface area contributed by atoms with Crippen LogP contribution in [0.3, 0.4) is 0 Å². The first kappa shape index (κ1) is 62.5. The van der Waals surface area contributed by atoms with Crippen LogP contribution in [-0.2, 0) is 60.7 Å². The molecule has 0 bridgehead atoms. The van der Waals surface area contributed by atoms with Crippen LogP contribution in [0.15, 0.2) is 42.5 Å². The van der Waals surface area contributed by atoms with E-state index in [0.29, 0.717) is 74.2 Å². The molecule has 16 heteroatoms. The minimum Gasteiger partial charge on any atom is -0.505 e. The molecular weight excluding hydrogens is 1050 g/mol. The van der Waals surface area contributed by atoms with Crippen molar-refractivity contribution in [3.05, 3.63) is 93.3 Å². The first-order chi connectivity index (χ1) is 31.6. The Labute approximate surface area is 417 Å². The van der Waals surface area contributed by atoms with E-state index in [2.05, 4.69) is 68.0 Å². The molecule has 0 unspecified atom stereocenters. The van der Waals surface area contributed by atoms with Gasteiger partial charge in [0.1, 0.15) is 0 Å². The number of rotatable bonds is 25. The van der Waals surface area contributed by atoms with Crippen molar-refractivity contribution < 1.29 is 56.3 Å². The molecule has 0 saturated heterocycles. The number of phenols is 1. The van der Waals surface area contributed by atoms with E-state index in [1.807, 2.05) is 6.07 Å². The van der Waals surface area contributed by atoms with Gasteiger partial charge in [-0.3, -0.25) is 9.59 Å². The molecule has 0 heterocycles. The summed E-state index contributed by atoms with van der Waals surface area (Å²) in [7, 11) is 2.91. The third kappa shape index (κ3) is 26.2. The number of ether oxygens (including phenoxy) is 5. The minimum absolute atomic E-state index is 0.231. The van der Waals surface area contributed by atoms with Crippen LogP contribution in [0.1, 0.15) is 146 Å². The number of methoxy groups -OCH3 is 2. The van der Waals surface area contributed by atoms with Gasteiger partial charge >= 0.3 is 21.1 Å². The fourth-order valence-electron chi connectivity index (χ4n) is 6.58. The Kier molecular flexibility index (Phi) is 36.4. The molecule has 0 radical (unpaired) electrons. The van der Waals surface area contributed by atoms with Gasteiger partial charge in [0.25, 0.3) is 0 Å². The van der Waals surface area contributed by atoms with Crippen LogP contribution in [0.2, 0.25) is 0 Å². The highest BCUT2D eigenvalue weighted by atomic mass is 79.9. The first-order valence-corrected chi connectivity index (χ1v) is 25.6. The molecule has 0 amide bonds. The molecule has 0 saturated carbocycles. The SMILES string of the molecule is BrB(Br)Br.CCCCCc1c(/C=C/C(=O)OCC)ccc(OC)c1F.CCCCCc1c(CCC(=O)OCC)ccc(O)c1F.CCCCCc1c(CCC(=O)OCC)ccc(OC)c1F. The molecular formula is C50H71BBr3F3O9. The summed E-state index contributed by atoms with van der Waals surface area (Å²) in [6.07, 6.45) is 15.3. The molecule has 1 N–H and O–H groups in total. The van der Waals surface area contributed by atoms with Gasteiger partial charge in [-0.25, -0.2) is 18.0 Å². The molecule has 3 aromatic carbocycles. The number of carbonyl (C=O) groups is 3. The lowest BCUT2D eigenvalue weighted by atomic mass is 9.97. The molecule has 9 nitrogen and oxygen atoms in total. The maximum absolute atomic E-state index is 14.4. The molecule has 3 rings (SSSR count). The summed E-state index contributed by atoms with van der Waals surface area (Å²) < 4.78 is 67.7. The highest BCUT2D eigenvalue weighted by molar-refractivity contribution is 9.69. The summed E-state index contributed by atoms with van der Waals surface area (Å²) in [6, 6.07) is 9.85. The Bertz CT molecular complexity index is 1880. The van der Waals surface area contributed by atoms with Gasteiger partial charge in [0, 0.05) is 18.9 Å². The molecule has 0 aliphatic rings. The number of benzene rings is 3. The quantitative estimate of drug-likeness (QED) is 0.0291. The second-order valence-electron chi connectivity index (χ2n) is 14.7. The summed E-state index contributed by atoms with van der Waals surface area (Å²) in [5.74, 6) is -1.97. The topological polar surface area (TPSA) is 118 Å². The molecule has 66 heavy (non-hydrogen) atoms. The average Bonchev–Trinajstić information content (AvgIpc) is 3.28. The summed E-state index contributed by atoms with van der Waals surface area (Å²) in [5.41, 5.74) is 4.14. The highest BCUT2D eigenvalue weighted by Crippen LogP contribution is 2.29. The van der Waals surface area contributed by atoms with Crippen LogP contribution in [0.4, 0.5) is 13.2 Å². The van der Waals surface area contributed by atoms with Crippen LogP contribution in [-0.4, -0.2) is 60.2 Å². The van der Waals surface area contributed by atoms with Gasteiger partial charge in [0.15, 0.2) is 34.7 Å². The van der Waals surface area contributed by atoms with Crippen LogP contribution in [0.25, 0.3) is 6.08 Å². The van der Waals surface area contributed by atoms with E-state index >= 15 is 0 Å². The lowest BCUT2D eigenvalue weighted by Crippen LogP contribution is -2.08. The van der Waals surface area contributed by atoms with E-state index in [-0.39, 0.29) is 56.8 Å². The molecule has 0 fully saturated rings. The van der Waals surface area contributed by atoms with Crippen molar-refractivity contribution in [3.63, 3.8) is 0 Å². The zero-order valence-corrected chi connectivity index (χ0v) is 44.9. The number of unbranched alkanes of at least 4 members (excludes halogenated alkanes) is 6. The third-order valence-corrected chi connectivity index (χ3v) is 9.89. The van der Waals surface area contributed by atoms with Crippen molar-refractivity contribution in [2.45, 2.75) is 144 Å². The van der Waals surface area contributed by atoms with Crippen LogP contribution in [0.5, 0.6) is 17.2 Å². The van der Waals surface area contributed by atoms with Crippen molar-refractivity contribution in [1.82, 2.24) is 0 Å². The van der Waals surface area contributed by atoms with Gasteiger partial charge in [0.2, 0.25) is 0 Å². The molecule has 0 spiro atoms. The molecule has 0 atom stereocenters. The van der Waals surface area contributed by atoms with Crippen molar-refractivity contribution >= 4 is 74.4 Å². The Hall–Kier alpha value is -3.50. The van der Waals surface area contributed by atoms with E-state index < -0.39 is 11.8 Å². The predicted octanol–water partition coefficient (Wildman–Crippen LogP) is 14.1. The molecule has 0 aliphatic heterocycles. The molecule has 0 aliphatic carbocycles. The second kappa shape index (κ2) is 38.5. The van der Waals surface area contributed by atoms with Gasteiger partial charge in [-0.2, -0.15) is 0 Å². The number of aryl methyl sites for hydroxylation is 2. The molecule has 3 aromatic rings. The number of carbonyl (C=O) groups excluding carboxylic acids is 3. The van der Waals surface area contributed by atoms with Crippen LogP contribution >= 0.6 is 47.3 Å². The summed E-state index contributed by atoms with van der Waals surface area (Å²) in [6.45, 7) is 12.6. The zero-order chi connectivity index (χ0) is 49.9. The largest absolute Gasteiger partial charge is 0.505 e. The Morgan fingerprint density at radius 3 is 1.38 bits per heavy atom. The van der Waals surface area contributed by atoms with E-state index in [1.165, 1.54) is 26.4 Å². The Morgan fingerprint density at radius 2 is 0.955 bits per heavy atom. The van der Waals surface area contributed by atoms with Gasteiger partial charge in [-0.15, -0.1) is 47.3 Å². The summed E-state index contributed by atoms with van der Waals surface area (Å²) in [4.78, 5) is 34.2. The van der Waals surface area contributed by atoms with Crippen molar-refractivity contribution in [2.24, 2.45) is 0 Å². The van der Waals surface area contributed by atoms with Crippen molar-refractivity contribution in [1.29, 1.82) is 0 Å². The standard InChI is InChI=1S/C17H25FO3.C17H23FO3.C16H23FO3.BBr3/c2*1-4-6-7-8-14-13(10-12-16(19)21-5-2)9-11-15(20-3)17(14)18;1-3-5-6-7-13-12(8-10-14(18)16(13)17)9-11-15(19)20-4-2;2-1(3)4/h9,11H,4-8,10,12H2,1-3H3;9-12H,4-8H2,1-3H3;8,10,18H,3-7,9,11H2,1-2H3;/b;12-10+;;. The van der Waals surface area contributed by atoms with E-state index in [0.717, 1.165) is 68.9 Å². The monoisotopic (exact) mass is 1120 g/mol. The Morgan fingerprint density at radius 1 is 0.561 bits per heavy atom. The molecule has 370 valence electrons. The van der Waals surface area contributed by atoms with Crippen molar-refractivity contribution in [2.75, 3.05) is 34.0 Å². The first-order valence-electron chi connectivity index (χ1n) is 22.9. The smallest absolute Gasteiger partial charge is 0.369 e. The average molecular weight is 1120 g/mol. The summed E-state index contributed by atoms with van der Waals surface area (Å²) >= 11 is 9.31. The fraction of sp³-hybridized carbons (Fsp3) is 0.540. The van der Waals surface area contributed by atoms with Crippen LogP contribution < -0.4 is 9.47 Å². The number of hydrogen-bond donors (Lipinski definition) is 1. The number of hydrogen-bond acceptors (Lipinski definition) is 9. The van der Waals surface area contributed by atoms with Gasteiger partial charge in [-0.1, -0.05) is 77.5 Å². The lowest BCUT2D eigenvalue weighted by Gasteiger charge is -2.13. The number of aromatic hydroxyl groups is 1. The third-order valence-electron chi connectivity index (χ3n) is 9.89. The zero-order valence-electron chi connectivity index (χ0n) is 40.1. The van der Waals surface area contributed by atoms with Gasteiger partial charge in [-0.05, 0) is 130 Å². The number of halogens is 6. The minimum atomic E-state index is -0.553. The molecule has 0 aromatic heterocycles. The van der Waals surface area contributed by atoms with Crippen molar-refractivity contribution in [3.8, 4) is 17.2 Å².